The van der Waals surface area contributed by atoms with Gasteiger partial charge in [0.05, 0.1) is 0 Å². The summed E-state index contributed by atoms with van der Waals surface area (Å²) in [6.45, 7) is 12.5. The molecule has 1 aromatic rings. The summed E-state index contributed by atoms with van der Waals surface area (Å²) >= 11 is 0. The third kappa shape index (κ3) is 9.78. The maximum atomic E-state index is 9.31. The second-order valence-electron chi connectivity index (χ2n) is 8.14. The minimum absolute atomic E-state index is 0.564. The fourth-order valence-electron chi connectivity index (χ4n) is 3.82. The fourth-order valence-corrected chi connectivity index (χ4v) is 3.82. The highest BCUT2D eigenvalue weighted by atomic mass is 16.4. The number of benzene rings is 1. The largest absolute Gasteiger partial charge is 0.488 e. The smallest absolute Gasteiger partial charge is 0.423 e. The molecule has 0 amide bonds. The molecule has 0 aliphatic rings. The first kappa shape index (κ1) is 24.2. The van der Waals surface area contributed by atoms with E-state index in [0.29, 0.717) is 5.46 Å². The van der Waals surface area contributed by atoms with Crippen LogP contribution in [0.4, 0.5) is 0 Å². The van der Waals surface area contributed by atoms with Gasteiger partial charge in [-0.25, -0.2) is 0 Å². The molecule has 2 N–H and O–H groups in total. The van der Waals surface area contributed by atoms with Crippen LogP contribution in [0.2, 0.25) is 0 Å². The Hall–Kier alpha value is -0.835. The predicted octanol–water partition coefficient (Wildman–Crippen LogP) is 4.60. The highest BCUT2D eigenvalue weighted by Crippen LogP contribution is 2.20. The quantitative estimate of drug-likeness (QED) is 0.440. The summed E-state index contributed by atoms with van der Waals surface area (Å²) in [5.74, 6) is 1.54. The van der Waals surface area contributed by atoms with Gasteiger partial charge in [-0.2, -0.15) is 0 Å². The van der Waals surface area contributed by atoms with Crippen LogP contribution in [0, 0.1) is 11.8 Å². The van der Waals surface area contributed by atoms with E-state index in [1.54, 1.807) is 0 Å². The van der Waals surface area contributed by atoms with Gasteiger partial charge < -0.3 is 10.0 Å². The second kappa shape index (κ2) is 14.2. The lowest BCUT2D eigenvalue weighted by Crippen LogP contribution is -2.34. The molecule has 0 aliphatic carbocycles. The van der Waals surface area contributed by atoms with E-state index in [1.165, 1.54) is 70.0 Å². The monoisotopic (exact) mass is 375 g/mol. The molecule has 0 aliphatic heterocycles. The summed E-state index contributed by atoms with van der Waals surface area (Å²) in [6.07, 6.45) is 10.3. The Bertz CT molecular complexity index is 460. The highest BCUT2D eigenvalue weighted by Gasteiger charge is 2.18. The van der Waals surface area contributed by atoms with Gasteiger partial charge in [-0.3, -0.25) is 4.90 Å². The van der Waals surface area contributed by atoms with E-state index in [4.69, 9.17) is 0 Å². The first-order valence-corrected chi connectivity index (χ1v) is 11.2. The number of rotatable bonds is 15. The minimum Gasteiger partial charge on any atom is -0.423 e. The van der Waals surface area contributed by atoms with Crippen molar-refractivity contribution in [2.24, 2.45) is 11.8 Å². The number of hydrogen-bond acceptors (Lipinski definition) is 3. The number of unbranched alkanes of at least 4 members (excludes halogenated alkanes) is 2. The molecule has 0 saturated heterocycles. The molecule has 27 heavy (non-hydrogen) atoms. The van der Waals surface area contributed by atoms with Gasteiger partial charge in [0.2, 0.25) is 0 Å². The van der Waals surface area contributed by atoms with E-state index in [9.17, 15) is 10.0 Å². The van der Waals surface area contributed by atoms with Gasteiger partial charge in [-0.05, 0) is 35.7 Å². The molecule has 0 fully saturated rings. The summed E-state index contributed by atoms with van der Waals surface area (Å²) < 4.78 is 0. The van der Waals surface area contributed by atoms with Crippen LogP contribution in [-0.2, 0) is 6.54 Å². The van der Waals surface area contributed by atoms with E-state index < -0.39 is 7.12 Å². The molecule has 2 unspecified atom stereocenters. The second-order valence-corrected chi connectivity index (χ2v) is 8.14. The Morgan fingerprint density at radius 2 is 1.30 bits per heavy atom. The highest BCUT2D eigenvalue weighted by molar-refractivity contribution is 6.58. The molecular weight excluding hydrogens is 333 g/mol. The van der Waals surface area contributed by atoms with Crippen molar-refractivity contribution in [3.8, 4) is 0 Å². The summed E-state index contributed by atoms with van der Waals surface area (Å²) in [4.78, 5) is 2.65. The molecule has 0 spiro atoms. The van der Waals surface area contributed by atoms with E-state index in [-0.39, 0.29) is 0 Å². The molecule has 0 radical (unpaired) electrons. The Labute approximate surface area is 168 Å². The van der Waals surface area contributed by atoms with Crippen molar-refractivity contribution in [3.05, 3.63) is 29.8 Å². The zero-order chi connectivity index (χ0) is 20.1. The molecule has 0 heterocycles. The third-order valence-corrected chi connectivity index (χ3v) is 5.80. The van der Waals surface area contributed by atoms with Gasteiger partial charge in [-0.1, -0.05) is 90.5 Å². The van der Waals surface area contributed by atoms with Gasteiger partial charge in [0.1, 0.15) is 0 Å². The zero-order valence-electron chi connectivity index (χ0n) is 18.2. The first-order chi connectivity index (χ1) is 13.0. The van der Waals surface area contributed by atoms with Crippen molar-refractivity contribution in [1.82, 2.24) is 4.90 Å². The fraction of sp³-hybridized carbons (Fsp3) is 0.739. The molecule has 1 aromatic carbocycles. The molecule has 2 atom stereocenters. The lowest BCUT2D eigenvalue weighted by molar-refractivity contribution is 0.174. The van der Waals surface area contributed by atoms with Crippen molar-refractivity contribution in [3.63, 3.8) is 0 Å². The summed E-state index contributed by atoms with van der Waals surface area (Å²) in [7, 11) is -1.38. The Morgan fingerprint density at radius 1 is 0.815 bits per heavy atom. The van der Waals surface area contributed by atoms with Crippen molar-refractivity contribution in [1.29, 1.82) is 0 Å². The summed E-state index contributed by atoms with van der Waals surface area (Å²) in [5.41, 5.74) is 1.82. The number of nitrogens with zero attached hydrogens (tertiary/aromatic N) is 1. The van der Waals surface area contributed by atoms with E-state index in [1.807, 2.05) is 24.3 Å². The summed E-state index contributed by atoms with van der Waals surface area (Å²) in [6, 6.07) is 7.76. The van der Waals surface area contributed by atoms with Crippen molar-refractivity contribution in [2.75, 3.05) is 13.1 Å². The average molecular weight is 375 g/mol. The van der Waals surface area contributed by atoms with Crippen molar-refractivity contribution < 1.29 is 10.0 Å². The van der Waals surface area contributed by atoms with Crippen LogP contribution in [0.1, 0.15) is 84.6 Å². The number of hydrogen-bond donors (Lipinski definition) is 2. The molecule has 0 aromatic heterocycles. The van der Waals surface area contributed by atoms with Crippen LogP contribution in [0.25, 0.3) is 0 Å². The molecule has 154 valence electrons. The van der Waals surface area contributed by atoms with Crippen LogP contribution in [0.3, 0.4) is 0 Å². The van der Waals surface area contributed by atoms with Crippen molar-refractivity contribution in [2.45, 2.75) is 85.6 Å². The van der Waals surface area contributed by atoms with Crippen molar-refractivity contribution >= 4 is 12.6 Å². The zero-order valence-corrected chi connectivity index (χ0v) is 18.2. The van der Waals surface area contributed by atoms with Gasteiger partial charge >= 0.3 is 7.12 Å². The Balaban J connectivity index is 2.80. The summed E-state index contributed by atoms with van der Waals surface area (Å²) in [5, 5.41) is 18.6. The van der Waals surface area contributed by atoms with E-state index in [0.717, 1.165) is 18.4 Å². The van der Waals surface area contributed by atoms with Gasteiger partial charge in [0.15, 0.2) is 0 Å². The lowest BCUT2D eigenvalue weighted by Gasteiger charge is -2.30. The van der Waals surface area contributed by atoms with Crippen LogP contribution < -0.4 is 5.46 Å². The Kier molecular flexibility index (Phi) is 12.7. The maximum Gasteiger partial charge on any atom is 0.488 e. The van der Waals surface area contributed by atoms with Crippen LogP contribution >= 0.6 is 0 Å². The van der Waals surface area contributed by atoms with Crippen LogP contribution in [0.15, 0.2) is 24.3 Å². The molecule has 3 nitrogen and oxygen atoms in total. The van der Waals surface area contributed by atoms with Gasteiger partial charge in [0, 0.05) is 19.6 Å². The molecule has 1 rings (SSSR count). The molecular formula is C23H42BNO2. The standard InChI is InChI=1S/C23H42BNO2/c1-5-9-11-20(7-3)17-25(18-21(8-4)12-10-6-2)19-22-13-15-23(16-14-22)24(26)27/h13-16,20-21,26-27H,5-12,17-19H2,1-4H3. The molecule has 0 saturated carbocycles. The van der Waals surface area contributed by atoms with Crippen LogP contribution in [-0.4, -0.2) is 35.2 Å². The predicted molar refractivity (Wildman–Crippen MR) is 118 cm³/mol. The molecule has 0 bridgehead atoms. The maximum absolute atomic E-state index is 9.31. The van der Waals surface area contributed by atoms with E-state index >= 15 is 0 Å². The topological polar surface area (TPSA) is 43.7 Å². The first-order valence-electron chi connectivity index (χ1n) is 11.2. The minimum atomic E-state index is -1.38. The Morgan fingerprint density at radius 3 is 1.67 bits per heavy atom. The van der Waals surface area contributed by atoms with Gasteiger partial charge in [-0.15, -0.1) is 0 Å². The van der Waals surface area contributed by atoms with Gasteiger partial charge in [0.25, 0.3) is 0 Å². The SMILES string of the molecule is CCCCC(CC)CN(Cc1ccc(B(O)O)cc1)CC(CC)CCCC. The van der Waals surface area contributed by atoms with Crippen LogP contribution in [0.5, 0.6) is 0 Å². The third-order valence-electron chi connectivity index (χ3n) is 5.80. The van der Waals surface area contributed by atoms with E-state index in [2.05, 4.69) is 32.6 Å². The molecule has 4 heteroatoms. The average Bonchev–Trinajstić information content (AvgIpc) is 2.68. The normalized spacial score (nSPS) is 13.7. The lowest BCUT2D eigenvalue weighted by atomic mass is 9.80.